The smallest absolute Gasteiger partial charge is 0.277 e. The van der Waals surface area contributed by atoms with Crippen molar-refractivity contribution in [3.05, 3.63) is 68.5 Å². The van der Waals surface area contributed by atoms with Crippen LogP contribution in [0, 0.1) is 26.0 Å². The van der Waals surface area contributed by atoms with Crippen LogP contribution >= 0.6 is 0 Å². The lowest BCUT2D eigenvalue weighted by Gasteiger charge is -1.98. The van der Waals surface area contributed by atoms with Crippen molar-refractivity contribution >= 4 is 11.4 Å². The minimum atomic E-state index is -0.764. The first-order valence-corrected chi connectivity index (χ1v) is 6.48. The lowest BCUT2D eigenvalue weighted by atomic mass is 10.1. The summed E-state index contributed by atoms with van der Waals surface area (Å²) in [5, 5.41) is 29.2. The summed E-state index contributed by atoms with van der Waals surface area (Å²) >= 11 is 0. The molecule has 0 N–H and O–H groups in total. The van der Waals surface area contributed by atoms with Gasteiger partial charge in [0.05, 0.1) is 21.5 Å². The van der Waals surface area contributed by atoms with E-state index in [2.05, 4.69) is 10.2 Å². The topological polar surface area (TPSA) is 125 Å². The Morgan fingerprint density at radius 3 is 2.00 bits per heavy atom. The fourth-order valence-electron chi connectivity index (χ4n) is 2.01. The number of aromatic nitrogens is 2. The summed E-state index contributed by atoms with van der Waals surface area (Å²) in [6.45, 7) is 0. The molecule has 0 radical (unpaired) electrons. The normalized spacial score (nSPS) is 10.5. The van der Waals surface area contributed by atoms with Crippen molar-refractivity contribution in [3.8, 4) is 22.9 Å². The number of hydrogen-bond acceptors (Lipinski definition) is 7. The first kappa shape index (κ1) is 15.2. The van der Waals surface area contributed by atoms with Gasteiger partial charge in [-0.2, -0.15) is 0 Å². The highest BCUT2D eigenvalue weighted by atomic mass is 19.1. The third-order valence-corrected chi connectivity index (χ3v) is 3.07. The Morgan fingerprint density at radius 2 is 1.46 bits per heavy atom. The maximum atomic E-state index is 13.2. The second kappa shape index (κ2) is 5.83. The maximum absolute atomic E-state index is 13.2. The molecule has 10 heteroatoms. The van der Waals surface area contributed by atoms with Crippen LogP contribution in [0.1, 0.15) is 0 Å². The Balaban J connectivity index is 2.06. The summed E-state index contributed by atoms with van der Waals surface area (Å²) in [4.78, 5) is 20.3. The Bertz CT molecular complexity index is 924. The molecule has 1 aromatic heterocycles. The van der Waals surface area contributed by atoms with Crippen LogP contribution in [0.5, 0.6) is 0 Å². The first-order chi connectivity index (χ1) is 11.4. The second-order valence-electron chi connectivity index (χ2n) is 4.68. The lowest BCUT2D eigenvalue weighted by Crippen LogP contribution is -1.94. The number of hydrogen-bond donors (Lipinski definition) is 0. The van der Waals surface area contributed by atoms with E-state index in [1.807, 2.05) is 0 Å². The molecular formula is C14H7FN4O5. The van der Waals surface area contributed by atoms with Crippen LogP contribution in [-0.2, 0) is 0 Å². The highest BCUT2D eigenvalue weighted by Gasteiger charge is 2.20. The van der Waals surface area contributed by atoms with Crippen molar-refractivity contribution in [1.82, 2.24) is 10.2 Å². The van der Waals surface area contributed by atoms with E-state index >= 15 is 0 Å². The zero-order valence-electron chi connectivity index (χ0n) is 11.7. The third-order valence-electron chi connectivity index (χ3n) is 3.07. The Hall–Kier alpha value is -3.69. The summed E-state index contributed by atoms with van der Waals surface area (Å²) in [5.41, 5.74) is -0.630. The fourth-order valence-corrected chi connectivity index (χ4v) is 2.01. The molecule has 3 aromatic rings. The van der Waals surface area contributed by atoms with Gasteiger partial charge < -0.3 is 4.42 Å². The highest BCUT2D eigenvalue weighted by molar-refractivity contribution is 5.64. The average molecular weight is 330 g/mol. The van der Waals surface area contributed by atoms with E-state index in [0.29, 0.717) is 5.56 Å². The molecule has 0 saturated heterocycles. The number of nitro groups is 2. The van der Waals surface area contributed by atoms with E-state index in [-0.39, 0.29) is 17.3 Å². The maximum Gasteiger partial charge on any atom is 0.277 e. The summed E-state index contributed by atoms with van der Waals surface area (Å²) in [5.74, 6) is -0.669. The van der Waals surface area contributed by atoms with E-state index in [9.17, 15) is 24.6 Å². The van der Waals surface area contributed by atoms with Crippen LogP contribution in [0.2, 0.25) is 0 Å². The fraction of sp³-hybridized carbons (Fsp3) is 0. The molecule has 1 heterocycles. The number of rotatable bonds is 4. The number of nitro benzene ring substituents is 2. The van der Waals surface area contributed by atoms with Crippen LogP contribution in [0.4, 0.5) is 15.8 Å². The van der Waals surface area contributed by atoms with Crippen LogP contribution in [0.15, 0.2) is 46.9 Å². The number of halogens is 1. The molecule has 0 aliphatic rings. The zero-order chi connectivity index (χ0) is 17.3. The van der Waals surface area contributed by atoms with Crippen molar-refractivity contribution in [1.29, 1.82) is 0 Å². The van der Waals surface area contributed by atoms with Gasteiger partial charge in [-0.15, -0.1) is 10.2 Å². The predicted molar refractivity (Wildman–Crippen MR) is 78.4 cm³/mol. The predicted octanol–water partition coefficient (Wildman–Crippen LogP) is 3.36. The quantitative estimate of drug-likeness (QED) is 0.530. The Labute approximate surface area is 132 Å². The molecule has 120 valence electrons. The SMILES string of the molecule is O=[N+]([O-])c1cc(-c2nnc(-c3cccc(F)c3)o2)cc([N+](=O)[O-])c1. The van der Waals surface area contributed by atoms with Crippen molar-refractivity contribution in [2.75, 3.05) is 0 Å². The van der Waals surface area contributed by atoms with Gasteiger partial charge in [-0.05, 0) is 18.2 Å². The van der Waals surface area contributed by atoms with Gasteiger partial charge in [0.1, 0.15) is 5.82 Å². The summed E-state index contributed by atoms with van der Waals surface area (Å²) < 4.78 is 18.6. The highest BCUT2D eigenvalue weighted by Crippen LogP contribution is 2.30. The molecule has 0 aliphatic heterocycles. The van der Waals surface area contributed by atoms with Gasteiger partial charge in [-0.3, -0.25) is 20.2 Å². The molecule has 0 unspecified atom stereocenters. The van der Waals surface area contributed by atoms with Gasteiger partial charge in [-0.1, -0.05) is 6.07 Å². The molecule has 2 aromatic carbocycles. The van der Waals surface area contributed by atoms with E-state index in [0.717, 1.165) is 18.2 Å². The van der Waals surface area contributed by atoms with Crippen LogP contribution in [0.3, 0.4) is 0 Å². The molecule has 0 amide bonds. The second-order valence-corrected chi connectivity index (χ2v) is 4.68. The van der Waals surface area contributed by atoms with E-state index in [1.165, 1.54) is 24.3 Å². The Morgan fingerprint density at radius 1 is 0.875 bits per heavy atom. The van der Waals surface area contributed by atoms with Gasteiger partial charge >= 0.3 is 0 Å². The average Bonchev–Trinajstić information content (AvgIpc) is 3.04. The minimum absolute atomic E-state index is 0.0151. The number of benzene rings is 2. The van der Waals surface area contributed by atoms with Crippen LogP contribution < -0.4 is 0 Å². The standard InChI is InChI=1S/C14H7FN4O5/c15-10-3-1-2-8(4-10)13-16-17-14(24-13)9-5-11(18(20)21)7-12(6-9)19(22)23/h1-7H. The van der Waals surface area contributed by atoms with Crippen molar-refractivity contribution < 1.29 is 18.7 Å². The van der Waals surface area contributed by atoms with E-state index in [1.54, 1.807) is 0 Å². The van der Waals surface area contributed by atoms with E-state index in [4.69, 9.17) is 4.42 Å². The summed E-state index contributed by atoms with van der Waals surface area (Å²) in [7, 11) is 0. The molecule has 0 aliphatic carbocycles. The first-order valence-electron chi connectivity index (χ1n) is 6.48. The molecule has 0 saturated carbocycles. The van der Waals surface area contributed by atoms with Crippen LogP contribution in [0.25, 0.3) is 22.9 Å². The van der Waals surface area contributed by atoms with Gasteiger partial charge in [0, 0.05) is 17.7 Å². The summed E-state index contributed by atoms with van der Waals surface area (Å²) in [6, 6.07) is 8.39. The van der Waals surface area contributed by atoms with E-state index < -0.39 is 27.0 Å². The molecule has 9 nitrogen and oxygen atoms in total. The van der Waals surface area contributed by atoms with Crippen molar-refractivity contribution in [2.24, 2.45) is 0 Å². The molecule has 0 fully saturated rings. The van der Waals surface area contributed by atoms with Gasteiger partial charge in [0.15, 0.2) is 0 Å². The zero-order valence-corrected chi connectivity index (χ0v) is 11.7. The number of nitrogens with zero attached hydrogens (tertiary/aromatic N) is 4. The molecule has 3 rings (SSSR count). The van der Waals surface area contributed by atoms with Gasteiger partial charge in [0.2, 0.25) is 11.8 Å². The molecule has 0 atom stereocenters. The number of non-ortho nitro benzene ring substituents is 2. The largest absolute Gasteiger partial charge is 0.416 e. The van der Waals surface area contributed by atoms with Crippen molar-refractivity contribution in [3.63, 3.8) is 0 Å². The minimum Gasteiger partial charge on any atom is -0.416 e. The molecule has 0 spiro atoms. The van der Waals surface area contributed by atoms with Gasteiger partial charge in [-0.25, -0.2) is 4.39 Å². The van der Waals surface area contributed by atoms with Gasteiger partial charge in [0.25, 0.3) is 11.4 Å². The molecular weight excluding hydrogens is 323 g/mol. The third kappa shape index (κ3) is 2.92. The lowest BCUT2D eigenvalue weighted by molar-refractivity contribution is -0.394. The monoisotopic (exact) mass is 330 g/mol. The molecule has 24 heavy (non-hydrogen) atoms. The molecule has 0 bridgehead atoms. The van der Waals surface area contributed by atoms with Crippen LogP contribution in [-0.4, -0.2) is 20.0 Å². The summed E-state index contributed by atoms with van der Waals surface area (Å²) in [6.07, 6.45) is 0. The van der Waals surface area contributed by atoms with Crippen molar-refractivity contribution in [2.45, 2.75) is 0 Å². The Kier molecular flexibility index (Phi) is 3.70.